The van der Waals surface area contributed by atoms with E-state index in [4.69, 9.17) is 4.74 Å². The summed E-state index contributed by atoms with van der Waals surface area (Å²) in [5.74, 6) is 1.26. The van der Waals surface area contributed by atoms with Gasteiger partial charge in [0.25, 0.3) is 0 Å². The van der Waals surface area contributed by atoms with E-state index in [2.05, 4.69) is 44.3 Å². The lowest BCUT2D eigenvalue weighted by Crippen LogP contribution is -2.43. The van der Waals surface area contributed by atoms with Crippen molar-refractivity contribution >= 4 is 0 Å². The molecule has 0 radical (unpaired) electrons. The summed E-state index contributed by atoms with van der Waals surface area (Å²) in [6.45, 7) is 9.58. The molecule has 20 heavy (non-hydrogen) atoms. The van der Waals surface area contributed by atoms with Crippen LogP contribution in [0.5, 0.6) is 5.75 Å². The number of ether oxygens (including phenoxy) is 1. The minimum atomic E-state index is -0.673. The summed E-state index contributed by atoms with van der Waals surface area (Å²) in [6, 6.07) is 6.73. The third-order valence-corrected chi connectivity index (χ3v) is 4.47. The van der Waals surface area contributed by atoms with E-state index in [0.717, 1.165) is 25.2 Å². The van der Waals surface area contributed by atoms with Gasteiger partial charge < -0.3 is 15.2 Å². The van der Waals surface area contributed by atoms with Gasteiger partial charge in [0.15, 0.2) is 0 Å². The van der Waals surface area contributed by atoms with E-state index >= 15 is 0 Å². The van der Waals surface area contributed by atoms with Crippen LogP contribution in [0.4, 0.5) is 0 Å². The van der Waals surface area contributed by atoms with Crippen molar-refractivity contribution < 1.29 is 9.84 Å². The number of fused-ring (bicyclic) bond motifs is 1. The zero-order chi connectivity index (χ0) is 14.8. The van der Waals surface area contributed by atoms with Gasteiger partial charge in [-0.15, -0.1) is 0 Å². The second kappa shape index (κ2) is 6.15. The van der Waals surface area contributed by atoms with Crippen molar-refractivity contribution in [3.05, 3.63) is 29.3 Å². The van der Waals surface area contributed by atoms with Crippen LogP contribution in [-0.2, 0) is 6.42 Å². The number of nitrogens with one attached hydrogen (secondary N) is 1. The van der Waals surface area contributed by atoms with Crippen molar-refractivity contribution in [1.82, 2.24) is 5.32 Å². The Morgan fingerprint density at radius 1 is 1.40 bits per heavy atom. The first-order valence-corrected chi connectivity index (χ1v) is 7.65. The Hall–Kier alpha value is -1.06. The molecule has 0 spiro atoms. The Bertz CT molecular complexity index is 454. The maximum Gasteiger partial charge on any atom is 0.122 e. The van der Waals surface area contributed by atoms with Crippen molar-refractivity contribution in [2.45, 2.75) is 52.2 Å². The fourth-order valence-corrected chi connectivity index (χ4v) is 2.46. The molecule has 0 saturated heterocycles. The number of aliphatic hydroxyl groups is 1. The molecule has 0 fully saturated rings. The van der Waals surface area contributed by atoms with Crippen LogP contribution in [0.1, 0.15) is 51.3 Å². The van der Waals surface area contributed by atoms with Crippen LogP contribution in [0.3, 0.4) is 0 Å². The monoisotopic (exact) mass is 277 g/mol. The van der Waals surface area contributed by atoms with E-state index in [1.54, 1.807) is 0 Å². The number of rotatable bonds is 6. The molecule has 2 atom stereocenters. The zero-order valence-corrected chi connectivity index (χ0v) is 13.1. The lowest BCUT2D eigenvalue weighted by Gasteiger charge is -2.30. The summed E-state index contributed by atoms with van der Waals surface area (Å²) in [7, 11) is 0. The van der Waals surface area contributed by atoms with Crippen LogP contribution in [0.15, 0.2) is 18.2 Å². The Morgan fingerprint density at radius 2 is 2.15 bits per heavy atom. The first-order chi connectivity index (χ1) is 9.44. The van der Waals surface area contributed by atoms with Gasteiger partial charge in [0.2, 0.25) is 0 Å². The average molecular weight is 277 g/mol. The van der Waals surface area contributed by atoms with Gasteiger partial charge in [0.05, 0.1) is 12.2 Å². The maximum absolute atomic E-state index is 10.4. The minimum Gasteiger partial charge on any atom is -0.493 e. The average Bonchev–Trinajstić information content (AvgIpc) is 2.86. The van der Waals surface area contributed by atoms with Gasteiger partial charge >= 0.3 is 0 Å². The van der Waals surface area contributed by atoms with Crippen LogP contribution >= 0.6 is 0 Å². The highest BCUT2D eigenvalue weighted by molar-refractivity contribution is 5.40. The second-order valence-electron chi connectivity index (χ2n) is 6.32. The molecule has 0 aromatic heterocycles. The summed E-state index contributed by atoms with van der Waals surface area (Å²) in [6.07, 6.45) is 2.01. The molecule has 1 aliphatic heterocycles. The van der Waals surface area contributed by atoms with E-state index in [1.165, 1.54) is 11.1 Å². The first-order valence-electron chi connectivity index (χ1n) is 7.65. The van der Waals surface area contributed by atoms with Gasteiger partial charge in [-0.2, -0.15) is 0 Å². The second-order valence-corrected chi connectivity index (χ2v) is 6.32. The summed E-state index contributed by atoms with van der Waals surface area (Å²) in [4.78, 5) is 0. The predicted octanol–water partition coefficient (Wildman–Crippen LogP) is 3.07. The smallest absolute Gasteiger partial charge is 0.122 e. The van der Waals surface area contributed by atoms with Crippen molar-refractivity contribution in [2.24, 2.45) is 5.92 Å². The van der Waals surface area contributed by atoms with Crippen LogP contribution in [0, 0.1) is 5.92 Å². The molecule has 2 N–H and O–H groups in total. The van der Waals surface area contributed by atoms with Crippen LogP contribution < -0.4 is 10.1 Å². The molecule has 0 bridgehead atoms. The highest BCUT2D eigenvalue weighted by Gasteiger charge is 2.26. The lowest BCUT2D eigenvalue weighted by atomic mass is 9.91. The number of hydrogen-bond acceptors (Lipinski definition) is 3. The first kappa shape index (κ1) is 15.3. The predicted molar refractivity (Wildman–Crippen MR) is 82.1 cm³/mol. The molecule has 3 nitrogen and oxygen atoms in total. The summed E-state index contributed by atoms with van der Waals surface area (Å²) < 4.78 is 5.55. The van der Waals surface area contributed by atoms with E-state index in [0.29, 0.717) is 6.54 Å². The van der Waals surface area contributed by atoms with E-state index in [-0.39, 0.29) is 12.0 Å². The van der Waals surface area contributed by atoms with E-state index in [1.807, 2.05) is 6.92 Å². The van der Waals surface area contributed by atoms with E-state index in [9.17, 15) is 5.11 Å². The SMILES string of the molecule is CCC(NCC(C)(O)C(C)C)c1ccc2c(c1)CCO2. The number of hydrogen-bond donors (Lipinski definition) is 2. The van der Waals surface area contributed by atoms with Crippen LogP contribution in [0.25, 0.3) is 0 Å². The molecule has 3 heteroatoms. The van der Waals surface area contributed by atoms with Gasteiger partial charge in [-0.25, -0.2) is 0 Å². The molecular weight excluding hydrogens is 250 g/mol. The molecule has 0 aliphatic carbocycles. The molecule has 1 aliphatic rings. The lowest BCUT2D eigenvalue weighted by molar-refractivity contribution is 0.0116. The van der Waals surface area contributed by atoms with Crippen molar-refractivity contribution in [3.63, 3.8) is 0 Å². The normalized spacial score (nSPS) is 18.5. The topological polar surface area (TPSA) is 41.5 Å². The summed E-state index contributed by atoms with van der Waals surface area (Å²) in [5, 5.41) is 13.9. The van der Waals surface area contributed by atoms with Crippen LogP contribution in [-0.4, -0.2) is 23.9 Å². The van der Waals surface area contributed by atoms with Gasteiger partial charge in [-0.1, -0.05) is 32.9 Å². The Labute approximate surface area is 122 Å². The molecule has 0 amide bonds. The zero-order valence-electron chi connectivity index (χ0n) is 13.1. The summed E-state index contributed by atoms with van der Waals surface area (Å²) in [5.41, 5.74) is 1.92. The molecule has 2 rings (SSSR count). The largest absolute Gasteiger partial charge is 0.493 e. The standard InChI is InChI=1S/C17H27NO2/c1-5-15(18-11-17(4,19)12(2)3)13-6-7-16-14(10-13)8-9-20-16/h6-7,10,12,15,18-19H,5,8-9,11H2,1-4H3. The quantitative estimate of drug-likeness (QED) is 0.839. The third kappa shape index (κ3) is 3.33. The Kier molecular flexibility index (Phi) is 4.71. The Morgan fingerprint density at radius 3 is 2.80 bits per heavy atom. The highest BCUT2D eigenvalue weighted by atomic mass is 16.5. The van der Waals surface area contributed by atoms with Crippen LogP contribution in [0.2, 0.25) is 0 Å². The minimum absolute atomic E-state index is 0.237. The highest BCUT2D eigenvalue weighted by Crippen LogP contribution is 2.29. The van der Waals surface area contributed by atoms with E-state index < -0.39 is 5.60 Å². The molecule has 112 valence electrons. The molecular formula is C17H27NO2. The van der Waals surface area contributed by atoms with Gasteiger partial charge in [0.1, 0.15) is 5.75 Å². The van der Waals surface area contributed by atoms with Crippen molar-refractivity contribution in [1.29, 1.82) is 0 Å². The van der Waals surface area contributed by atoms with Gasteiger partial charge in [-0.05, 0) is 36.5 Å². The molecule has 1 aromatic rings. The fraction of sp³-hybridized carbons (Fsp3) is 0.647. The van der Waals surface area contributed by atoms with Crippen molar-refractivity contribution in [3.8, 4) is 5.75 Å². The third-order valence-electron chi connectivity index (χ3n) is 4.47. The molecule has 0 saturated carbocycles. The van der Waals surface area contributed by atoms with Gasteiger partial charge in [0, 0.05) is 19.0 Å². The van der Waals surface area contributed by atoms with Crippen molar-refractivity contribution in [2.75, 3.05) is 13.2 Å². The Balaban J connectivity index is 2.05. The summed E-state index contributed by atoms with van der Waals surface area (Å²) >= 11 is 0. The molecule has 2 unspecified atom stereocenters. The number of benzene rings is 1. The fourth-order valence-electron chi connectivity index (χ4n) is 2.46. The maximum atomic E-state index is 10.4. The van der Waals surface area contributed by atoms with Gasteiger partial charge in [-0.3, -0.25) is 0 Å². The molecule has 1 heterocycles. The molecule has 1 aromatic carbocycles.